The highest BCUT2D eigenvalue weighted by molar-refractivity contribution is 5.96. The molecule has 0 spiro atoms. The van der Waals surface area contributed by atoms with Crippen molar-refractivity contribution in [3.8, 4) is 22.8 Å². The maximum absolute atomic E-state index is 13.0. The topological polar surface area (TPSA) is 87.8 Å². The number of nitrogens with zero attached hydrogens (tertiary/aromatic N) is 3. The van der Waals surface area contributed by atoms with Gasteiger partial charge < -0.3 is 19.3 Å². The van der Waals surface area contributed by atoms with E-state index >= 15 is 0 Å². The highest BCUT2D eigenvalue weighted by atomic mass is 16.5. The predicted molar refractivity (Wildman–Crippen MR) is 125 cm³/mol. The maximum atomic E-state index is 13.0. The SMILES string of the molecule is COc1ccc(C(=O)N2CCN(C(=O)c3cc(-c4ccc(C)c(C)c4)n[nH]3)CC2)cc1OC. The van der Waals surface area contributed by atoms with Crippen LogP contribution in [-0.4, -0.2) is 72.2 Å². The number of ether oxygens (including phenoxy) is 2. The Morgan fingerprint density at radius 1 is 0.818 bits per heavy atom. The number of benzene rings is 2. The molecule has 2 aromatic carbocycles. The van der Waals surface area contributed by atoms with Gasteiger partial charge in [0.1, 0.15) is 5.69 Å². The van der Waals surface area contributed by atoms with Gasteiger partial charge in [0.15, 0.2) is 11.5 Å². The van der Waals surface area contributed by atoms with Crippen LogP contribution in [0.4, 0.5) is 0 Å². The molecule has 1 aromatic heterocycles. The van der Waals surface area contributed by atoms with Gasteiger partial charge in [-0.1, -0.05) is 12.1 Å². The molecule has 0 unspecified atom stereocenters. The fourth-order valence-corrected chi connectivity index (χ4v) is 3.91. The van der Waals surface area contributed by atoms with Crippen molar-refractivity contribution in [2.24, 2.45) is 0 Å². The molecule has 1 aliphatic rings. The van der Waals surface area contributed by atoms with Crippen molar-refractivity contribution in [2.45, 2.75) is 13.8 Å². The van der Waals surface area contributed by atoms with Gasteiger partial charge in [-0.15, -0.1) is 0 Å². The number of H-pyrrole nitrogens is 1. The first-order chi connectivity index (χ1) is 15.9. The summed E-state index contributed by atoms with van der Waals surface area (Å²) in [6.45, 7) is 5.94. The van der Waals surface area contributed by atoms with Crippen molar-refractivity contribution >= 4 is 11.8 Å². The molecule has 0 atom stereocenters. The van der Waals surface area contributed by atoms with Crippen molar-refractivity contribution in [1.82, 2.24) is 20.0 Å². The number of piperazine rings is 1. The minimum Gasteiger partial charge on any atom is -0.493 e. The molecule has 33 heavy (non-hydrogen) atoms. The first-order valence-corrected chi connectivity index (χ1v) is 10.8. The number of aromatic nitrogens is 2. The average molecular weight is 449 g/mol. The zero-order valence-corrected chi connectivity index (χ0v) is 19.3. The molecule has 1 aliphatic heterocycles. The Morgan fingerprint density at radius 2 is 1.48 bits per heavy atom. The van der Waals surface area contributed by atoms with Crippen molar-refractivity contribution in [2.75, 3.05) is 40.4 Å². The van der Waals surface area contributed by atoms with E-state index in [0.29, 0.717) is 48.9 Å². The fraction of sp³-hybridized carbons (Fsp3) is 0.320. The Labute approximate surface area is 193 Å². The van der Waals surface area contributed by atoms with E-state index < -0.39 is 0 Å². The molecule has 3 aromatic rings. The van der Waals surface area contributed by atoms with Crippen LogP contribution in [0.5, 0.6) is 11.5 Å². The summed E-state index contributed by atoms with van der Waals surface area (Å²) in [7, 11) is 3.09. The van der Waals surface area contributed by atoms with Crippen molar-refractivity contribution in [3.63, 3.8) is 0 Å². The Hall–Kier alpha value is -3.81. The predicted octanol–water partition coefficient (Wildman–Crippen LogP) is 3.31. The summed E-state index contributed by atoms with van der Waals surface area (Å²) in [6, 6.07) is 13.0. The molecule has 8 nitrogen and oxygen atoms in total. The normalized spacial score (nSPS) is 13.7. The molecule has 4 rings (SSSR count). The number of methoxy groups -OCH3 is 2. The van der Waals surface area contributed by atoms with Gasteiger partial charge in [0.25, 0.3) is 11.8 Å². The highest BCUT2D eigenvalue weighted by Crippen LogP contribution is 2.28. The molecule has 2 heterocycles. The standard InChI is InChI=1S/C25H28N4O4/c1-16-5-6-18(13-17(16)2)20-15-21(27-26-20)25(31)29-11-9-28(10-12-29)24(30)19-7-8-22(32-3)23(14-19)33-4/h5-8,13-15H,9-12H2,1-4H3,(H,26,27). The lowest BCUT2D eigenvalue weighted by Crippen LogP contribution is -2.50. The quantitative estimate of drug-likeness (QED) is 0.647. The largest absolute Gasteiger partial charge is 0.493 e. The number of carbonyl (C=O) groups is 2. The van der Waals surface area contributed by atoms with Gasteiger partial charge in [-0.2, -0.15) is 5.10 Å². The number of aromatic amines is 1. The van der Waals surface area contributed by atoms with E-state index in [9.17, 15) is 9.59 Å². The van der Waals surface area contributed by atoms with E-state index in [1.165, 1.54) is 18.2 Å². The summed E-state index contributed by atoms with van der Waals surface area (Å²) in [5.41, 5.74) is 5.08. The van der Waals surface area contributed by atoms with Crippen LogP contribution in [0.2, 0.25) is 0 Å². The summed E-state index contributed by atoms with van der Waals surface area (Å²) in [5.74, 6) is 0.873. The summed E-state index contributed by atoms with van der Waals surface area (Å²) in [6.07, 6.45) is 0. The van der Waals surface area contributed by atoms with Gasteiger partial charge in [0.05, 0.1) is 19.9 Å². The number of hydrogen-bond acceptors (Lipinski definition) is 5. The monoisotopic (exact) mass is 448 g/mol. The van der Waals surface area contributed by atoms with Gasteiger partial charge in [-0.3, -0.25) is 14.7 Å². The molecular weight excluding hydrogens is 420 g/mol. The number of nitrogens with one attached hydrogen (secondary N) is 1. The third kappa shape index (κ3) is 4.55. The Morgan fingerprint density at radius 3 is 2.12 bits per heavy atom. The summed E-state index contributed by atoms with van der Waals surface area (Å²) in [4.78, 5) is 29.4. The Balaban J connectivity index is 1.40. The molecule has 8 heteroatoms. The lowest BCUT2D eigenvalue weighted by Gasteiger charge is -2.34. The first-order valence-electron chi connectivity index (χ1n) is 10.8. The van der Waals surface area contributed by atoms with Crippen LogP contribution in [0.25, 0.3) is 11.3 Å². The van der Waals surface area contributed by atoms with E-state index in [1.54, 1.807) is 41.2 Å². The van der Waals surface area contributed by atoms with Crippen LogP contribution >= 0.6 is 0 Å². The molecule has 0 saturated carbocycles. The second-order valence-electron chi connectivity index (χ2n) is 8.12. The lowest BCUT2D eigenvalue weighted by molar-refractivity contribution is 0.0532. The van der Waals surface area contributed by atoms with Crippen LogP contribution in [0.15, 0.2) is 42.5 Å². The van der Waals surface area contributed by atoms with Crippen LogP contribution in [-0.2, 0) is 0 Å². The van der Waals surface area contributed by atoms with Crippen molar-refractivity contribution in [3.05, 3.63) is 64.8 Å². The number of hydrogen-bond donors (Lipinski definition) is 1. The zero-order valence-electron chi connectivity index (χ0n) is 19.3. The molecule has 0 bridgehead atoms. The molecule has 2 amide bonds. The van der Waals surface area contributed by atoms with E-state index in [4.69, 9.17) is 9.47 Å². The fourth-order valence-electron chi connectivity index (χ4n) is 3.91. The van der Waals surface area contributed by atoms with Gasteiger partial charge >= 0.3 is 0 Å². The summed E-state index contributed by atoms with van der Waals surface area (Å²) >= 11 is 0. The molecular formula is C25H28N4O4. The second kappa shape index (κ2) is 9.36. The van der Waals surface area contributed by atoms with Crippen molar-refractivity contribution < 1.29 is 19.1 Å². The number of amides is 2. The summed E-state index contributed by atoms with van der Waals surface area (Å²) < 4.78 is 10.5. The third-order valence-electron chi connectivity index (χ3n) is 6.10. The third-order valence-corrected chi connectivity index (χ3v) is 6.10. The van der Waals surface area contributed by atoms with Crippen molar-refractivity contribution in [1.29, 1.82) is 0 Å². The van der Waals surface area contributed by atoms with Gasteiger partial charge in [-0.05, 0) is 55.3 Å². The van der Waals surface area contributed by atoms with Crippen LogP contribution in [0.1, 0.15) is 32.0 Å². The van der Waals surface area contributed by atoms with Crippen LogP contribution < -0.4 is 9.47 Å². The van der Waals surface area contributed by atoms with Crippen LogP contribution in [0.3, 0.4) is 0 Å². The minimum atomic E-state index is -0.115. The van der Waals surface area contributed by atoms with E-state index in [1.807, 2.05) is 6.07 Å². The zero-order chi connectivity index (χ0) is 23.5. The Bertz CT molecular complexity index is 1180. The summed E-state index contributed by atoms with van der Waals surface area (Å²) in [5, 5.41) is 7.20. The van der Waals surface area contributed by atoms with E-state index in [0.717, 1.165) is 11.3 Å². The highest BCUT2D eigenvalue weighted by Gasteiger charge is 2.27. The minimum absolute atomic E-state index is 0.0957. The maximum Gasteiger partial charge on any atom is 0.272 e. The van der Waals surface area contributed by atoms with Gasteiger partial charge in [0, 0.05) is 37.3 Å². The van der Waals surface area contributed by atoms with E-state index in [2.05, 4.69) is 36.2 Å². The lowest BCUT2D eigenvalue weighted by atomic mass is 10.0. The average Bonchev–Trinajstić information content (AvgIpc) is 3.35. The molecule has 172 valence electrons. The molecule has 0 aliphatic carbocycles. The number of aryl methyl sites for hydroxylation is 2. The molecule has 1 saturated heterocycles. The van der Waals surface area contributed by atoms with Gasteiger partial charge in [-0.25, -0.2) is 0 Å². The molecule has 1 fully saturated rings. The smallest absolute Gasteiger partial charge is 0.272 e. The van der Waals surface area contributed by atoms with Crippen LogP contribution in [0, 0.1) is 13.8 Å². The molecule has 0 radical (unpaired) electrons. The number of rotatable bonds is 5. The Kier molecular flexibility index (Phi) is 6.35. The van der Waals surface area contributed by atoms with Gasteiger partial charge in [0.2, 0.25) is 0 Å². The number of carbonyl (C=O) groups excluding carboxylic acids is 2. The van der Waals surface area contributed by atoms with E-state index in [-0.39, 0.29) is 11.8 Å². The second-order valence-corrected chi connectivity index (χ2v) is 8.12. The first kappa shape index (κ1) is 22.4. The molecule has 1 N–H and O–H groups in total.